The molecule has 2 N–H and O–H groups in total. The zero-order valence-electron chi connectivity index (χ0n) is 10.5. The highest BCUT2D eigenvalue weighted by atomic mass is 35.5. The minimum absolute atomic E-state index is 0.400. The molecule has 1 heterocycles. The zero-order chi connectivity index (χ0) is 14.3. The molecule has 0 atom stereocenters. The fraction of sp³-hybridized carbons (Fsp3) is 0.0714. The van der Waals surface area contributed by atoms with E-state index < -0.39 is 0 Å². The SMILES string of the molecule is COc1c(Cl)cc(-c2nc3ccc(N)cc3o2)cc1Cl. The fourth-order valence-electron chi connectivity index (χ4n) is 1.94. The van der Waals surface area contributed by atoms with Crippen LogP contribution in [0.4, 0.5) is 5.69 Å². The monoisotopic (exact) mass is 308 g/mol. The molecule has 2 aromatic carbocycles. The van der Waals surface area contributed by atoms with Gasteiger partial charge in [0.15, 0.2) is 11.3 Å². The number of rotatable bonds is 2. The lowest BCUT2D eigenvalue weighted by molar-refractivity contribution is 0.415. The summed E-state index contributed by atoms with van der Waals surface area (Å²) in [7, 11) is 1.51. The number of nitrogen functional groups attached to an aromatic ring is 1. The van der Waals surface area contributed by atoms with Gasteiger partial charge in [-0.05, 0) is 24.3 Å². The summed E-state index contributed by atoms with van der Waals surface area (Å²) in [5, 5.41) is 0.800. The van der Waals surface area contributed by atoms with Crippen LogP contribution in [0.3, 0.4) is 0 Å². The van der Waals surface area contributed by atoms with Gasteiger partial charge in [-0.15, -0.1) is 0 Å². The molecular weight excluding hydrogens is 299 g/mol. The summed E-state index contributed by atoms with van der Waals surface area (Å²) in [6.45, 7) is 0. The van der Waals surface area contributed by atoms with E-state index in [1.54, 1.807) is 30.3 Å². The van der Waals surface area contributed by atoms with E-state index in [1.165, 1.54) is 7.11 Å². The van der Waals surface area contributed by atoms with E-state index in [4.69, 9.17) is 38.1 Å². The second-order valence-corrected chi connectivity index (χ2v) is 5.03. The maximum atomic E-state index is 6.11. The predicted octanol–water partition coefficient (Wildman–Crippen LogP) is 4.39. The van der Waals surface area contributed by atoms with E-state index in [-0.39, 0.29) is 0 Å². The minimum atomic E-state index is 0.400. The number of fused-ring (bicyclic) bond motifs is 1. The summed E-state index contributed by atoms with van der Waals surface area (Å²) in [6.07, 6.45) is 0. The first kappa shape index (κ1) is 13.1. The van der Waals surface area contributed by atoms with Crippen molar-refractivity contribution in [3.63, 3.8) is 0 Å². The Morgan fingerprint density at radius 3 is 2.50 bits per heavy atom. The Labute approximate surface area is 125 Å². The van der Waals surface area contributed by atoms with E-state index >= 15 is 0 Å². The summed E-state index contributed by atoms with van der Waals surface area (Å²) in [5.41, 5.74) is 8.34. The van der Waals surface area contributed by atoms with Crippen molar-refractivity contribution in [2.45, 2.75) is 0 Å². The lowest BCUT2D eigenvalue weighted by atomic mass is 10.2. The standard InChI is InChI=1S/C14H10Cl2N2O2/c1-19-13-9(15)4-7(5-10(13)16)14-18-11-3-2-8(17)6-12(11)20-14/h2-6H,17H2,1H3. The molecule has 4 nitrogen and oxygen atoms in total. The van der Waals surface area contributed by atoms with Gasteiger partial charge in [0.05, 0.1) is 17.2 Å². The second-order valence-electron chi connectivity index (χ2n) is 4.22. The maximum Gasteiger partial charge on any atom is 0.227 e. The van der Waals surface area contributed by atoms with Gasteiger partial charge in [-0.3, -0.25) is 0 Å². The Hall–Kier alpha value is -1.91. The van der Waals surface area contributed by atoms with Crippen LogP contribution < -0.4 is 10.5 Å². The number of nitrogens with zero attached hydrogens (tertiary/aromatic N) is 1. The van der Waals surface area contributed by atoms with Crippen LogP contribution in [0.5, 0.6) is 5.75 Å². The van der Waals surface area contributed by atoms with Crippen LogP contribution >= 0.6 is 23.2 Å². The van der Waals surface area contributed by atoms with Gasteiger partial charge >= 0.3 is 0 Å². The zero-order valence-corrected chi connectivity index (χ0v) is 12.0. The van der Waals surface area contributed by atoms with Gasteiger partial charge in [0, 0.05) is 17.3 Å². The molecule has 20 heavy (non-hydrogen) atoms. The average Bonchev–Trinajstić information content (AvgIpc) is 2.81. The Morgan fingerprint density at radius 2 is 1.85 bits per heavy atom. The molecule has 0 aliphatic carbocycles. The summed E-state index contributed by atoms with van der Waals surface area (Å²) < 4.78 is 10.8. The van der Waals surface area contributed by atoms with Crippen molar-refractivity contribution in [1.29, 1.82) is 0 Å². The fourth-order valence-corrected chi connectivity index (χ4v) is 2.58. The van der Waals surface area contributed by atoms with E-state index in [0.717, 1.165) is 5.52 Å². The predicted molar refractivity (Wildman–Crippen MR) is 80.4 cm³/mol. The van der Waals surface area contributed by atoms with Gasteiger partial charge in [0.2, 0.25) is 5.89 Å². The van der Waals surface area contributed by atoms with Gasteiger partial charge in [-0.25, -0.2) is 4.98 Å². The van der Waals surface area contributed by atoms with Crippen molar-refractivity contribution in [3.8, 4) is 17.2 Å². The highest BCUT2D eigenvalue weighted by Gasteiger charge is 2.14. The van der Waals surface area contributed by atoms with Crippen LogP contribution in [0.1, 0.15) is 0 Å². The molecule has 102 valence electrons. The largest absolute Gasteiger partial charge is 0.494 e. The van der Waals surface area contributed by atoms with Crippen molar-refractivity contribution in [1.82, 2.24) is 4.98 Å². The number of methoxy groups -OCH3 is 1. The van der Waals surface area contributed by atoms with Crippen molar-refractivity contribution in [2.75, 3.05) is 12.8 Å². The van der Waals surface area contributed by atoms with E-state index in [0.29, 0.717) is 38.5 Å². The first-order chi connectivity index (χ1) is 9.58. The molecule has 6 heteroatoms. The number of hydrogen-bond donors (Lipinski definition) is 1. The van der Waals surface area contributed by atoms with Crippen molar-refractivity contribution in [2.24, 2.45) is 0 Å². The topological polar surface area (TPSA) is 61.3 Å². The Bertz CT molecular complexity index is 776. The quantitative estimate of drug-likeness (QED) is 0.713. The Kier molecular flexibility index (Phi) is 3.20. The average molecular weight is 309 g/mol. The molecule has 0 aliphatic rings. The summed E-state index contributed by atoms with van der Waals surface area (Å²) in [5.74, 6) is 0.856. The van der Waals surface area contributed by atoms with Gasteiger partial charge in [-0.1, -0.05) is 23.2 Å². The first-order valence-electron chi connectivity index (χ1n) is 5.78. The molecule has 0 fully saturated rings. The summed E-state index contributed by atoms with van der Waals surface area (Å²) >= 11 is 12.2. The highest BCUT2D eigenvalue weighted by Crippen LogP contribution is 2.37. The number of anilines is 1. The van der Waals surface area contributed by atoms with Crippen LogP contribution in [0.25, 0.3) is 22.6 Å². The lowest BCUT2D eigenvalue weighted by Gasteiger charge is -2.06. The third kappa shape index (κ3) is 2.17. The molecule has 0 bridgehead atoms. The number of nitrogens with two attached hydrogens (primary N) is 1. The first-order valence-corrected chi connectivity index (χ1v) is 6.53. The van der Waals surface area contributed by atoms with Crippen molar-refractivity contribution in [3.05, 3.63) is 40.4 Å². The molecule has 3 aromatic rings. The molecular formula is C14H10Cl2N2O2. The number of oxazole rings is 1. The number of hydrogen-bond acceptors (Lipinski definition) is 4. The lowest BCUT2D eigenvalue weighted by Crippen LogP contribution is -1.87. The molecule has 3 rings (SSSR count). The van der Waals surface area contributed by atoms with E-state index in [2.05, 4.69) is 4.98 Å². The van der Waals surface area contributed by atoms with Crippen LogP contribution in [0.15, 0.2) is 34.7 Å². The number of halogens is 2. The summed E-state index contributed by atoms with van der Waals surface area (Å²) in [6, 6.07) is 8.67. The maximum absolute atomic E-state index is 6.11. The summed E-state index contributed by atoms with van der Waals surface area (Å²) in [4.78, 5) is 4.38. The van der Waals surface area contributed by atoms with Gasteiger partial charge < -0.3 is 14.9 Å². The van der Waals surface area contributed by atoms with E-state index in [9.17, 15) is 0 Å². The molecule has 0 aliphatic heterocycles. The van der Waals surface area contributed by atoms with Crippen molar-refractivity contribution >= 4 is 40.0 Å². The number of benzene rings is 2. The molecule has 0 spiro atoms. The molecule has 1 aromatic heterocycles. The van der Waals surface area contributed by atoms with Crippen LogP contribution in [0.2, 0.25) is 10.0 Å². The molecule has 0 radical (unpaired) electrons. The van der Waals surface area contributed by atoms with Crippen LogP contribution in [-0.2, 0) is 0 Å². The van der Waals surface area contributed by atoms with Crippen LogP contribution in [-0.4, -0.2) is 12.1 Å². The molecule has 0 amide bonds. The molecule has 0 saturated heterocycles. The number of aromatic nitrogens is 1. The Morgan fingerprint density at radius 1 is 1.15 bits per heavy atom. The molecule has 0 unspecified atom stereocenters. The van der Waals surface area contributed by atoms with Gasteiger partial charge in [0.1, 0.15) is 5.52 Å². The third-order valence-corrected chi connectivity index (χ3v) is 3.42. The second kappa shape index (κ2) is 4.89. The number of ether oxygens (including phenoxy) is 1. The highest BCUT2D eigenvalue weighted by molar-refractivity contribution is 6.37. The molecule has 0 saturated carbocycles. The smallest absolute Gasteiger partial charge is 0.227 e. The van der Waals surface area contributed by atoms with Crippen LogP contribution in [0, 0.1) is 0 Å². The van der Waals surface area contributed by atoms with E-state index in [1.807, 2.05) is 0 Å². The van der Waals surface area contributed by atoms with Gasteiger partial charge in [0.25, 0.3) is 0 Å². The Balaban J connectivity index is 2.15. The normalized spacial score (nSPS) is 10.9. The minimum Gasteiger partial charge on any atom is -0.494 e. The third-order valence-electron chi connectivity index (χ3n) is 2.86. The van der Waals surface area contributed by atoms with Gasteiger partial charge in [-0.2, -0.15) is 0 Å². The van der Waals surface area contributed by atoms with Crippen molar-refractivity contribution < 1.29 is 9.15 Å².